The number of carbonyl (C=O) groups excluding carboxylic acids is 3. The standard InChI is InChI=1S/C20H21N3O3/c1-14(16-8-4-3-5-9-16)22(2)19(25)17-10-6-7-15(11-17)13-23-18(24)12-21-20(23)26/h3-11,14H,12-13H2,1-2H3,(H,21,26). The van der Waals surface area contributed by atoms with Crippen LogP contribution in [0.3, 0.4) is 0 Å². The predicted molar refractivity (Wildman–Crippen MR) is 97.3 cm³/mol. The molecule has 0 saturated carbocycles. The predicted octanol–water partition coefficient (Wildman–Crippen LogP) is 2.57. The number of nitrogens with zero attached hydrogens (tertiary/aromatic N) is 2. The number of urea groups is 1. The van der Waals surface area contributed by atoms with Crippen molar-refractivity contribution >= 4 is 17.8 Å². The largest absolute Gasteiger partial charge is 0.335 e. The van der Waals surface area contributed by atoms with Crippen molar-refractivity contribution in [1.29, 1.82) is 0 Å². The molecule has 1 N–H and O–H groups in total. The van der Waals surface area contributed by atoms with E-state index in [9.17, 15) is 14.4 Å². The zero-order valence-electron chi connectivity index (χ0n) is 14.8. The zero-order valence-corrected chi connectivity index (χ0v) is 14.8. The van der Waals surface area contributed by atoms with Gasteiger partial charge in [0.1, 0.15) is 0 Å². The Morgan fingerprint density at radius 3 is 2.54 bits per heavy atom. The molecule has 1 heterocycles. The number of imide groups is 1. The Kier molecular flexibility index (Phi) is 5.02. The second-order valence-electron chi connectivity index (χ2n) is 6.34. The number of benzene rings is 2. The number of nitrogens with one attached hydrogen (secondary N) is 1. The van der Waals surface area contributed by atoms with Crippen LogP contribution in [0.4, 0.5) is 4.79 Å². The van der Waals surface area contributed by atoms with Gasteiger partial charge in [-0.05, 0) is 30.2 Å². The molecule has 3 rings (SSSR count). The molecular formula is C20H21N3O3. The first-order valence-corrected chi connectivity index (χ1v) is 8.46. The quantitative estimate of drug-likeness (QED) is 0.842. The Hall–Kier alpha value is -3.15. The third-order valence-corrected chi connectivity index (χ3v) is 4.63. The molecule has 0 aromatic heterocycles. The molecule has 0 spiro atoms. The van der Waals surface area contributed by atoms with E-state index in [1.807, 2.05) is 37.3 Å². The lowest BCUT2D eigenvalue weighted by molar-refractivity contribution is -0.125. The SMILES string of the molecule is CC(c1ccccc1)N(C)C(=O)c1cccc(CN2C(=O)CNC2=O)c1. The Labute approximate surface area is 152 Å². The van der Waals surface area contributed by atoms with Gasteiger partial charge < -0.3 is 10.2 Å². The lowest BCUT2D eigenvalue weighted by Crippen LogP contribution is -2.31. The van der Waals surface area contributed by atoms with Crippen LogP contribution in [0.1, 0.15) is 34.5 Å². The maximum atomic E-state index is 12.8. The molecule has 1 unspecified atom stereocenters. The van der Waals surface area contributed by atoms with E-state index >= 15 is 0 Å². The minimum Gasteiger partial charge on any atom is -0.335 e. The summed E-state index contributed by atoms with van der Waals surface area (Å²) >= 11 is 0. The molecule has 4 amide bonds. The molecule has 26 heavy (non-hydrogen) atoms. The van der Waals surface area contributed by atoms with Gasteiger partial charge in [-0.15, -0.1) is 0 Å². The Morgan fingerprint density at radius 1 is 1.15 bits per heavy atom. The minimum absolute atomic E-state index is 0.0226. The van der Waals surface area contributed by atoms with E-state index in [1.165, 1.54) is 0 Å². The highest BCUT2D eigenvalue weighted by atomic mass is 16.2. The molecule has 1 atom stereocenters. The Morgan fingerprint density at radius 2 is 1.88 bits per heavy atom. The number of hydrogen-bond donors (Lipinski definition) is 1. The van der Waals surface area contributed by atoms with Crippen molar-refractivity contribution in [3.8, 4) is 0 Å². The van der Waals surface area contributed by atoms with Crippen molar-refractivity contribution in [3.63, 3.8) is 0 Å². The summed E-state index contributed by atoms with van der Waals surface area (Å²) in [6.45, 7) is 2.16. The van der Waals surface area contributed by atoms with Crippen molar-refractivity contribution in [2.75, 3.05) is 13.6 Å². The van der Waals surface area contributed by atoms with Crippen LogP contribution < -0.4 is 5.32 Å². The van der Waals surface area contributed by atoms with Crippen LogP contribution in [0.25, 0.3) is 0 Å². The molecule has 6 heteroatoms. The second-order valence-corrected chi connectivity index (χ2v) is 6.34. The minimum atomic E-state index is -0.401. The van der Waals surface area contributed by atoms with Crippen molar-refractivity contribution in [2.45, 2.75) is 19.5 Å². The number of carbonyl (C=O) groups is 3. The topological polar surface area (TPSA) is 69.7 Å². The Balaban J connectivity index is 1.75. The summed E-state index contributed by atoms with van der Waals surface area (Å²) in [7, 11) is 1.77. The fourth-order valence-corrected chi connectivity index (χ4v) is 2.94. The van der Waals surface area contributed by atoms with Crippen molar-refractivity contribution in [1.82, 2.24) is 15.1 Å². The lowest BCUT2D eigenvalue weighted by Gasteiger charge is -2.25. The van der Waals surface area contributed by atoms with Gasteiger partial charge in [0.25, 0.3) is 5.91 Å². The fraction of sp³-hybridized carbons (Fsp3) is 0.250. The smallest absolute Gasteiger partial charge is 0.324 e. The van der Waals surface area contributed by atoms with Crippen molar-refractivity contribution < 1.29 is 14.4 Å². The van der Waals surface area contributed by atoms with Gasteiger partial charge in [0.05, 0.1) is 19.1 Å². The number of hydrogen-bond acceptors (Lipinski definition) is 3. The summed E-state index contributed by atoms with van der Waals surface area (Å²) in [5.41, 5.74) is 2.32. The van der Waals surface area contributed by atoms with Crippen LogP contribution in [0.5, 0.6) is 0 Å². The van der Waals surface area contributed by atoms with Crippen LogP contribution in [0.15, 0.2) is 54.6 Å². The second kappa shape index (κ2) is 7.39. The van der Waals surface area contributed by atoms with Crippen LogP contribution >= 0.6 is 0 Å². The fourth-order valence-electron chi connectivity index (χ4n) is 2.94. The van der Waals surface area contributed by atoms with E-state index in [2.05, 4.69) is 5.32 Å². The summed E-state index contributed by atoms with van der Waals surface area (Å²) in [5.74, 6) is -0.373. The molecule has 2 aromatic rings. The lowest BCUT2D eigenvalue weighted by atomic mass is 10.1. The molecule has 1 aliphatic rings. The number of rotatable bonds is 5. The molecular weight excluding hydrogens is 330 g/mol. The summed E-state index contributed by atoms with van der Waals surface area (Å²) in [6, 6.07) is 16.4. The van der Waals surface area contributed by atoms with E-state index < -0.39 is 6.03 Å². The molecule has 0 aliphatic carbocycles. The third-order valence-electron chi connectivity index (χ3n) is 4.63. The maximum absolute atomic E-state index is 12.8. The van der Waals surface area contributed by atoms with Crippen LogP contribution in [0.2, 0.25) is 0 Å². The van der Waals surface area contributed by atoms with Gasteiger partial charge in [0, 0.05) is 12.6 Å². The first-order chi connectivity index (χ1) is 12.5. The van der Waals surface area contributed by atoms with Gasteiger partial charge in [0.15, 0.2) is 0 Å². The molecule has 1 saturated heterocycles. The Bertz CT molecular complexity index is 819. The summed E-state index contributed by atoms with van der Waals surface area (Å²) in [5, 5.41) is 2.49. The van der Waals surface area contributed by atoms with Gasteiger partial charge in [-0.2, -0.15) is 0 Å². The van der Waals surface area contributed by atoms with E-state index in [0.717, 1.165) is 16.0 Å². The van der Waals surface area contributed by atoms with E-state index in [4.69, 9.17) is 0 Å². The van der Waals surface area contributed by atoms with E-state index in [1.54, 1.807) is 36.2 Å². The molecule has 1 fully saturated rings. The first kappa shape index (κ1) is 17.7. The van der Waals surface area contributed by atoms with Crippen molar-refractivity contribution in [3.05, 3.63) is 71.3 Å². The van der Waals surface area contributed by atoms with Gasteiger partial charge >= 0.3 is 6.03 Å². The third kappa shape index (κ3) is 3.59. The molecule has 134 valence electrons. The maximum Gasteiger partial charge on any atom is 0.324 e. The molecule has 1 aliphatic heterocycles. The normalized spacial score (nSPS) is 14.9. The van der Waals surface area contributed by atoms with Gasteiger partial charge in [0.2, 0.25) is 5.91 Å². The van der Waals surface area contributed by atoms with Crippen molar-refractivity contribution in [2.24, 2.45) is 0 Å². The van der Waals surface area contributed by atoms with Crippen LogP contribution in [-0.4, -0.2) is 41.2 Å². The van der Waals surface area contributed by atoms with Gasteiger partial charge in [-0.3, -0.25) is 14.5 Å². The zero-order chi connectivity index (χ0) is 18.7. The van der Waals surface area contributed by atoms with Gasteiger partial charge in [-0.1, -0.05) is 42.5 Å². The molecule has 0 radical (unpaired) electrons. The average Bonchev–Trinajstić information content (AvgIpc) is 2.99. The summed E-state index contributed by atoms with van der Waals surface area (Å²) in [4.78, 5) is 39.1. The van der Waals surface area contributed by atoms with Gasteiger partial charge in [-0.25, -0.2) is 4.79 Å². The van der Waals surface area contributed by atoms with Crippen LogP contribution in [0, 0.1) is 0 Å². The molecule has 0 bridgehead atoms. The van der Waals surface area contributed by atoms with Crippen LogP contribution in [-0.2, 0) is 11.3 Å². The average molecular weight is 351 g/mol. The summed E-state index contributed by atoms with van der Waals surface area (Å²) < 4.78 is 0. The monoisotopic (exact) mass is 351 g/mol. The molecule has 6 nitrogen and oxygen atoms in total. The highest BCUT2D eigenvalue weighted by Crippen LogP contribution is 2.21. The first-order valence-electron chi connectivity index (χ1n) is 8.46. The van der Waals surface area contributed by atoms with E-state index in [-0.39, 0.29) is 30.9 Å². The summed E-state index contributed by atoms with van der Waals surface area (Å²) in [6.07, 6.45) is 0. The highest BCUT2D eigenvalue weighted by Gasteiger charge is 2.28. The number of amides is 4. The molecule has 2 aromatic carbocycles. The van der Waals surface area contributed by atoms with E-state index in [0.29, 0.717) is 5.56 Å². The highest BCUT2D eigenvalue weighted by molar-refractivity contribution is 6.02.